The molecule has 3 saturated carbocycles. The third-order valence-corrected chi connectivity index (χ3v) is 14.0. The summed E-state index contributed by atoms with van der Waals surface area (Å²) in [6.07, 6.45) is 4.35. The van der Waals surface area contributed by atoms with Crippen LogP contribution >= 0.6 is 0 Å². The zero-order valence-corrected chi connectivity index (χ0v) is 33.9. The lowest BCUT2D eigenvalue weighted by molar-refractivity contribution is -0.308. The van der Waals surface area contributed by atoms with Crippen LogP contribution < -0.4 is 0 Å². The Labute approximate surface area is 331 Å². The summed E-state index contributed by atoms with van der Waals surface area (Å²) in [5, 5.41) is 11.5. The summed E-state index contributed by atoms with van der Waals surface area (Å²) in [5.41, 5.74) is -2.03. The molecule has 4 bridgehead atoms. The molecule has 12 heteroatoms. The summed E-state index contributed by atoms with van der Waals surface area (Å²) < 4.78 is 41.7. The number of carbonyl (C=O) groups excluding carboxylic acids is 3. The topological polar surface area (TPSA) is 153 Å². The molecule has 12 atom stereocenters. The van der Waals surface area contributed by atoms with Crippen molar-refractivity contribution in [3.8, 4) is 0 Å². The summed E-state index contributed by atoms with van der Waals surface area (Å²) in [6.45, 7) is 10.1. The highest BCUT2D eigenvalue weighted by atomic mass is 16.8. The minimum atomic E-state index is -1.48. The highest BCUT2D eigenvalue weighted by Crippen LogP contribution is 2.82. The Morgan fingerprint density at radius 2 is 1.62 bits per heavy atom. The number of hydrogen-bond donors (Lipinski definition) is 1. The van der Waals surface area contributed by atoms with E-state index in [9.17, 15) is 24.3 Å². The summed E-state index contributed by atoms with van der Waals surface area (Å²) in [5.74, 6) is -0.942. The maximum Gasteiger partial charge on any atom is 0.509 e. The van der Waals surface area contributed by atoms with E-state index in [1.54, 1.807) is 6.92 Å². The monoisotopic (exact) mass is 782 g/mol. The molecule has 0 radical (unpaired) electrons. The lowest BCUT2D eigenvalue weighted by atomic mass is 9.43. The number of benzene rings is 1. The maximum atomic E-state index is 14.0. The van der Waals surface area contributed by atoms with Crippen molar-refractivity contribution in [3.63, 3.8) is 0 Å². The summed E-state index contributed by atoms with van der Waals surface area (Å²) in [7, 11) is 1.44. The zero-order valence-electron chi connectivity index (χ0n) is 33.9. The molecule has 0 amide bonds. The first kappa shape index (κ1) is 42.1. The van der Waals surface area contributed by atoms with Gasteiger partial charge in [0.2, 0.25) is 0 Å². The first-order valence-electron chi connectivity index (χ1n) is 20.8. The molecule has 4 aliphatic carbocycles. The fourth-order valence-electron chi connectivity index (χ4n) is 11.6. The Kier molecular flexibility index (Phi) is 13.2. The number of methoxy groups -OCH3 is 1. The van der Waals surface area contributed by atoms with Gasteiger partial charge < -0.3 is 43.1 Å². The number of hydrogen-bond acceptors (Lipinski definition) is 11. The van der Waals surface area contributed by atoms with Crippen molar-refractivity contribution >= 4 is 24.6 Å². The van der Waals surface area contributed by atoms with Gasteiger partial charge in [-0.1, -0.05) is 108 Å². The van der Waals surface area contributed by atoms with E-state index < -0.39 is 65.2 Å². The number of aliphatic carboxylic acids is 1. The standard InChI is InChI=1S/C44H62O12/c1-7-8-9-10-11-15-20-51-40(48)55-36-35(50-6)29(5)54-38(37(36)56-41(49)52-24-30-16-13-12-14-17-30)53-26-43-23-32-28(4)18-19-33(32)42(25-45)22-31(43)21-34(27(2)3)44(42,43)39(46)47/h12-14,16-17,21,25,27-29,31-33,35-38H,7-11,15,18-20,22-24,26H2,1-6H3,(H,46,47)/t28?,29-,31?,32?,33?,35-,36-,37+,38-,42?,43?,44?/m1/s1. The van der Waals surface area contributed by atoms with Crippen LogP contribution in [0, 0.1) is 45.8 Å². The zero-order chi connectivity index (χ0) is 40.3. The smallest absolute Gasteiger partial charge is 0.481 e. The molecule has 6 rings (SSSR count). The van der Waals surface area contributed by atoms with Gasteiger partial charge in [-0.15, -0.1) is 0 Å². The van der Waals surface area contributed by atoms with Gasteiger partial charge in [0.05, 0.1) is 24.7 Å². The highest BCUT2D eigenvalue weighted by molar-refractivity contribution is 5.90. The number of fused-ring (bicyclic) bond motifs is 2. The van der Waals surface area contributed by atoms with Gasteiger partial charge in [-0.3, -0.25) is 4.79 Å². The van der Waals surface area contributed by atoms with E-state index in [2.05, 4.69) is 19.9 Å². The van der Waals surface area contributed by atoms with Crippen molar-refractivity contribution in [2.45, 2.75) is 136 Å². The molecule has 1 heterocycles. The lowest BCUT2D eigenvalue weighted by Gasteiger charge is -2.58. The van der Waals surface area contributed by atoms with Crippen LogP contribution in [0.25, 0.3) is 0 Å². The summed E-state index contributed by atoms with van der Waals surface area (Å²) in [6, 6.07) is 9.12. The van der Waals surface area contributed by atoms with Gasteiger partial charge in [0.25, 0.3) is 0 Å². The van der Waals surface area contributed by atoms with Crippen molar-refractivity contribution in [2.24, 2.45) is 45.8 Å². The van der Waals surface area contributed by atoms with Crippen LogP contribution in [0.3, 0.4) is 0 Å². The predicted octanol–water partition coefficient (Wildman–Crippen LogP) is 8.29. The van der Waals surface area contributed by atoms with Crippen LogP contribution in [0.4, 0.5) is 9.59 Å². The van der Waals surface area contributed by atoms with Crippen LogP contribution in [0.5, 0.6) is 0 Å². The van der Waals surface area contributed by atoms with Crippen molar-refractivity contribution in [2.75, 3.05) is 20.3 Å². The predicted molar refractivity (Wildman–Crippen MR) is 204 cm³/mol. The molecule has 4 fully saturated rings. The Balaban J connectivity index is 1.29. The van der Waals surface area contributed by atoms with E-state index in [1.807, 2.05) is 44.2 Å². The second-order valence-electron chi connectivity index (χ2n) is 17.3. The van der Waals surface area contributed by atoms with Crippen LogP contribution in [0.15, 0.2) is 42.0 Å². The van der Waals surface area contributed by atoms with Gasteiger partial charge in [-0.05, 0) is 67.8 Å². The van der Waals surface area contributed by atoms with Crippen LogP contribution in [0.2, 0.25) is 0 Å². The van der Waals surface area contributed by atoms with Crippen LogP contribution in [-0.4, -0.2) is 80.7 Å². The Hall–Kier alpha value is -3.48. The molecule has 5 aliphatic rings. The van der Waals surface area contributed by atoms with E-state index in [4.69, 9.17) is 33.2 Å². The van der Waals surface area contributed by atoms with E-state index in [0.29, 0.717) is 25.2 Å². The first-order chi connectivity index (χ1) is 26.9. The van der Waals surface area contributed by atoms with Crippen molar-refractivity contribution in [1.29, 1.82) is 0 Å². The normalized spacial score (nSPS) is 36.8. The molecule has 7 unspecified atom stereocenters. The average Bonchev–Trinajstić information content (AvgIpc) is 3.75. The maximum absolute atomic E-state index is 14.0. The van der Waals surface area contributed by atoms with Crippen LogP contribution in [-0.2, 0) is 49.4 Å². The number of ether oxygens (including phenoxy) is 7. The first-order valence-corrected chi connectivity index (χ1v) is 20.8. The molecular weight excluding hydrogens is 720 g/mol. The minimum absolute atomic E-state index is 0.0457. The average molecular weight is 783 g/mol. The molecule has 1 N–H and O–H groups in total. The van der Waals surface area contributed by atoms with Crippen molar-refractivity contribution in [3.05, 3.63) is 47.5 Å². The molecule has 0 aromatic heterocycles. The molecular formula is C44H62O12. The quantitative estimate of drug-likeness (QED) is 0.0660. The second kappa shape index (κ2) is 17.6. The number of aldehydes is 1. The molecule has 12 nitrogen and oxygen atoms in total. The van der Waals surface area contributed by atoms with Gasteiger partial charge >= 0.3 is 18.3 Å². The number of carbonyl (C=O) groups is 4. The van der Waals surface area contributed by atoms with E-state index >= 15 is 0 Å². The SMILES string of the molecule is CCCCCCCCOC(=O)O[C@H]1[C@H](OC(=O)OCc2ccccc2)[C@H](OCC23CC4C(C)CCC4C4(C=O)CC2C=C(C(C)C)C43C(=O)O)O[C@H](C)[C@H]1OC. The Morgan fingerprint density at radius 3 is 2.30 bits per heavy atom. The third-order valence-electron chi connectivity index (χ3n) is 14.0. The van der Waals surface area contributed by atoms with Gasteiger partial charge in [-0.25, -0.2) is 9.59 Å². The van der Waals surface area contributed by atoms with Gasteiger partial charge in [0.15, 0.2) is 18.5 Å². The highest BCUT2D eigenvalue weighted by Gasteiger charge is 2.84. The largest absolute Gasteiger partial charge is 0.509 e. The van der Waals surface area contributed by atoms with Crippen molar-refractivity contribution in [1.82, 2.24) is 0 Å². The molecule has 1 aliphatic heterocycles. The fraction of sp³-hybridized carbons (Fsp3) is 0.727. The fourth-order valence-corrected chi connectivity index (χ4v) is 11.6. The number of carboxylic acids is 1. The molecule has 56 heavy (non-hydrogen) atoms. The number of carboxylic acid groups (broad SMARTS) is 1. The summed E-state index contributed by atoms with van der Waals surface area (Å²) in [4.78, 5) is 54.2. The van der Waals surface area contributed by atoms with E-state index in [-0.39, 0.29) is 43.5 Å². The van der Waals surface area contributed by atoms with Gasteiger partial charge in [-0.2, -0.15) is 0 Å². The summed E-state index contributed by atoms with van der Waals surface area (Å²) >= 11 is 0. The lowest BCUT2D eigenvalue weighted by Crippen LogP contribution is -2.65. The number of rotatable bonds is 18. The molecule has 310 valence electrons. The Bertz CT molecular complexity index is 1580. The van der Waals surface area contributed by atoms with Crippen molar-refractivity contribution < 1.29 is 57.4 Å². The second-order valence-corrected chi connectivity index (χ2v) is 17.3. The molecule has 1 saturated heterocycles. The van der Waals surface area contributed by atoms with Gasteiger partial charge in [0.1, 0.15) is 24.4 Å². The number of allylic oxidation sites excluding steroid dienone is 1. The van der Waals surface area contributed by atoms with Gasteiger partial charge in [0, 0.05) is 12.5 Å². The number of unbranched alkanes of at least 4 members (excludes halogenated alkanes) is 5. The molecule has 1 aromatic carbocycles. The third kappa shape index (κ3) is 7.27. The van der Waals surface area contributed by atoms with Crippen LogP contribution in [0.1, 0.15) is 104 Å². The minimum Gasteiger partial charge on any atom is -0.481 e. The van der Waals surface area contributed by atoms with E-state index in [0.717, 1.165) is 62.4 Å². The molecule has 0 spiro atoms. The Morgan fingerprint density at radius 1 is 0.929 bits per heavy atom. The molecule has 1 aromatic rings. The van der Waals surface area contributed by atoms with E-state index in [1.165, 1.54) is 7.11 Å².